The van der Waals surface area contributed by atoms with Crippen molar-refractivity contribution in [3.8, 4) is 0 Å². The van der Waals surface area contributed by atoms with Crippen LogP contribution < -0.4 is 5.32 Å². The molecule has 4 N–H and O–H groups in total. The summed E-state index contributed by atoms with van der Waals surface area (Å²) in [7, 11) is 0. The molecule has 0 radical (unpaired) electrons. The Morgan fingerprint density at radius 3 is 2.06 bits per heavy atom. The minimum absolute atomic E-state index is 0.0956. The first-order chi connectivity index (χ1) is 7.18. The fraction of sp³-hybridized carbons (Fsp3) is 0.778. The quantitative estimate of drug-likeness (QED) is 0.562. The van der Waals surface area contributed by atoms with Crippen molar-refractivity contribution in [3.63, 3.8) is 0 Å². The highest BCUT2D eigenvalue weighted by atomic mass is 16.4. The van der Waals surface area contributed by atoms with Gasteiger partial charge in [-0.3, -0.25) is 0 Å². The Balaban J connectivity index is 4.60. The number of amides is 2. The molecular weight excluding hydrogens is 216 g/mol. The van der Waals surface area contributed by atoms with Crippen LogP contribution in [0, 0.1) is 0 Å². The SMILES string of the molecule is CC(C)(C)N(CC(CO)NC(=O)O)C(=O)O. The van der Waals surface area contributed by atoms with E-state index in [1.165, 1.54) is 0 Å². The van der Waals surface area contributed by atoms with Gasteiger partial charge in [0.05, 0.1) is 12.6 Å². The molecule has 7 heteroatoms. The minimum Gasteiger partial charge on any atom is -0.465 e. The molecule has 94 valence electrons. The number of rotatable bonds is 4. The van der Waals surface area contributed by atoms with Crippen molar-refractivity contribution in [1.29, 1.82) is 0 Å². The van der Waals surface area contributed by atoms with E-state index < -0.39 is 30.4 Å². The van der Waals surface area contributed by atoms with E-state index in [1.807, 2.05) is 5.32 Å². The molecule has 0 fully saturated rings. The van der Waals surface area contributed by atoms with E-state index in [2.05, 4.69) is 0 Å². The van der Waals surface area contributed by atoms with E-state index in [-0.39, 0.29) is 6.54 Å². The topological polar surface area (TPSA) is 110 Å². The third kappa shape index (κ3) is 4.83. The maximum absolute atomic E-state index is 11.0. The summed E-state index contributed by atoms with van der Waals surface area (Å²) >= 11 is 0. The molecule has 16 heavy (non-hydrogen) atoms. The predicted octanol–water partition coefficient (Wildman–Crippen LogP) is 0.393. The molecule has 0 aliphatic heterocycles. The van der Waals surface area contributed by atoms with Crippen molar-refractivity contribution in [2.24, 2.45) is 0 Å². The lowest BCUT2D eigenvalue weighted by atomic mass is 10.1. The molecule has 7 nitrogen and oxygen atoms in total. The van der Waals surface area contributed by atoms with Crippen molar-refractivity contribution >= 4 is 12.2 Å². The Morgan fingerprint density at radius 1 is 1.31 bits per heavy atom. The summed E-state index contributed by atoms with van der Waals surface area (Å²) in [5.74, 6) is 0. The van der Waals surface area contributed by atoms with E-state index in [4.69, 9.17) is 15.3 Å². The highest BCUT2D eigenvalue weighted by Gasteiger charge is 2.28. The van der Waals surface area contributed by atoms with Crippen molar-refractivity contribution < 1.29 is 24.9 Å². The summed E-state index contributed by atoms with van der Waals surface area (Å²) in [4.78, 5) is 22.4. The molecule has 0 spiro atoms. The summed E-state index contributed by atoms with van der Waals surface area (Å²) in [6.45, 7) is 4.52. The van der Waals surface area contributed by atoms with Crippen LogP contribution in [0.5, 0.6) is 0 Å². The van der Waals surface area contributed by atoms with Crippen molar-refractivity contribution in [1.82, 2.24) is 10.2 Å². The number of aliphatic hydroxyl groups is 1. The van der Waals surface area contributed by atoms with Crippen LogP contribution in [0.25, 0.3) is 0 Å². The highest BCUT2D eigenvalue weighted by Crippen LogP contribution is 2.13. The third-order valence-electron chi connectivity index (χ3n) is 1.99. The van der Waals surface area contributed by atoms with Gasteiger partial charge in [0.25, 0.3) is 0 Å². The average molecular weight is 234 g/mol. The maximum atomic E-state index is 11.0. The van der Waals surface area contributed by atoms with Crippen LogP contribution >= 0.6 is 0 Å². The van der Waals surface area contributed by atoms with Crippen LogP contribution in [0.4, 0.5) is 9.59 Å². The van der Waals surface area contributed by atoms with E-state index in [0.29, 0.717) is 0 Å². The molecule has 0 bridgehead atoms. The summed E-state index contributed by atoms with van der Waals surface area (Å²) < 4.78 is 0. The monoisotopic (exact) mass is 234 g/mol. The van der Waals surface area contributed by atoms with Crippen LogP contribution in [0.3, 0.4) is 0 Å². The van der Waals surface area contributed by atoms with Gasteiger partial charge in [0.1, 0.15) is 0 Å². The Labute approximate surface area is 93.7 Å². The number of nitrogens with one attached hydrogen (secondary N) is 1. The number of carboxylic acid groups (broad SMARTS) is 2. The molecule has 1 unspecified atom stereocenters. The smallest absolute Gasteiger partial charge is 0.407 e. The fourth-order valence-electron chi connectivity index (χ4n) is 1.18. The van der Waals surface area contributed by atoms with Gasteiger partial charge in [-0.15, -0.1) is 0 Å². The molecule has 1 atom stereocenters. The number of hydrogen-bond acceptors (Lipinski definition) is 3. The molecule has 0 aromatic rings. The molecule has 0 rings (SSSR count). The van der Waals surface area contributed by atoms with Crippen LogP contribution in [-0.4, -0.2) is 57.1 Å². The van der Waals surface area contributed by atoms with Gasteiger partial charge in [-0.25, -0.2) is 9.59 Å². The van der Waals surface area contributed by atoms with E-state index in [1.54, 1.807) is 20.8 Å². The normalized spacial score (nSPS) is 13.0. The average Bonchev–Trinajstić information content (AvgIpc) is 2.08. The van der Waals surface area contributed by atoms with E-state index >= 15 is 0 Å². The van der Waals surface area contributed by atoms with Crippen LogP contribution in [0.2, 0.25) is 0 Å². The van der Waals surface area contributed by atoms with Crippen molar-refractivity contribution in [2.45, 2.75) is 32.4 Å². The van der Waals surface area contributed by atoms with Gasteiger partial charge < -0.3 is 25.5 Å². The first-order valence-corrected chi connectivity index (χ1v) is 4.79. The summed E-state index contributed by atoms with van der Waals surface area (Å²) in [5, 5.41) is 28.4. The van der Waals surface area contributed by atoms with Gasteiger partial charge in [-0.2, -0.15) is 0 Å². The zero-order valence-electron chi connectivity index (χ0n) is 9.60. The van der Waals surface area contributed by atoms with Gasteiger partial charge in [0, 0.05) is 12.1 Å². The molecule has 2 amide bonds. The Kier molecular flexibility index (Phi) is 5.03. The zero-order chi connectivity index (χ0) is 12.9. The Morgan fingerprint density at radius 2 is 1.81 bits per heavy atom. The van der Waals surface area contributed by atoms with Gasteiger partial charge >= 0.3 is 12.2 Å². The third-order valence-corrected chi connectivity index (χ3v) is 1.99. The molecule has 0 aromatic carbocycles. The molecular formula is C9H18N2O5. The lowest BCUT2D eigenvalue weighted by molar-refractivity contribution is 0.0837. The highest BCUT2D eigenvalue weighted by molar-refractivity contribution is 5.67. The molecule has 0 aliphatic carbocycles. The number of nitrogens with zero attached hydrogens (tertiary/aromatic N) is 1. The molecule has 0 aliphatic rings. The summed E-state index contributed by atoms with van der Waals surface area (Å²) in [6, 6.07) is -0.826. The minimum atomic E-state index is -1.29. The lowest BCUT2D eigenvalue weighted by Crippen LogP contribution is -2.53. The second-order valence-electron chi connectivity index (χ2n) is 4.39. The molecule has 0 saturated carbocycles. The van der Waals surface area contributed by atoms with Crippen LogP contribution in [-0.2, 0) is 0 Å². The van der Waals surface area contributed by atoms with Gasteiger partial charge in [-0.05, 0) is 20.8 Å². The first-order valence-electron chi connectivity index (χ1n) is 4.79. The second-order valence-corrected chi connectivity index (χ2v) is 4.39. The number of hydrogen-bond donors (Lipinski definition) is 4. The number of carbonyl (C=O) groups is 2. The maximum Gasteiger partial charge on any atom is 0.407 e. The predicted molar refractivity (Wildman–Crippen MR) is 56.5 cm³/mol. The Bertz CT molecular complexity index is 261. The largest absolute Gasteiger partial charge is 0.465 e. The summed E-state index contributed by atoms with van der Waals surface area (Å²) in [5.41, 5.74) is -0.653. The van der Waals surface area contributed by atoms with E-state index in [9.17, 15) is 9.59 Å². The van der Waals surface area contributed by atoms with Gasteiger partial charge in [0.15, 0.2) is 0 Å². The Hall–Kier alpha value is -1.50. The lowest BCUT2D eigenvalue weighted by Gasteiger charge is -2.35. The second kappa shape index (κ2) is 5.55. The van der Waals surface area contributed by atoms with E-state index in [0.717, 1.165) is 4.90 Å². The van der Waals surface area contributed by atoms with Crippen LogP contribution in [0.1, 0.15) is 20.8 Å². The van der Waals surface area contributed by atoms with Gasteiger partial charge in [-0.1, -0.05) is 0 Å². The van der Waals surface area contributed by atoms with Crippen molar-refractivity contribution in [2.75, 3.05) is 13.2 Å². The van der Waals surface area contributed by atoms with Gasteiger partial charge in [0.2, 0.25) is 0 Å². The molecule has 0 aromatic heterocycles. The first kappa shape index (κ1) is 14.5. The van der Waals surface area contributed by atoms with Crippen LogP contribution in [0.15, 0.2) is 0 Å². The zero-order valence-corrected chi connectivity index (χ0v) is 9.60. The summed E-state index contributed by atoms with van der Waals surface area (Å²) in [6.07, 6.45) is -2.45. The van der Waals surface area contributed by atoms with Crippen molar-refractivity contribution in [3.05, 3.63) is 0 Å². The molecule has 0 saturated heterocycles. The standard InChI is InChI=1S/C9H18N2O5/c1-9(2,3)11(8(15)16)4-6(5-12)10-7(13)14/h6,10,12H,4-5H2,1-3H3,(H,13,14)(H,15,16). The number of aliphatic hydroxyl groups excluding tert-OH is 1. The fourth-order valence-corrected chi connectivity index (χ4v) is 1.18. The molecule has 0 heterocycles.